The van der Waals surface area contributed by atoms with E-state index in [1.807, 2.05) is 25.3 Å². The number of benzene rings is 2. The Morgan fingerprint density at radius 1 is 1.10 bits per heavy atom. The van der Waals surface area contributed by atoms with Crippen molar-refractivity contribution in [2.45, 2.75) is 33.2 Å². The molecule has 0 bridgehead atoms. The molecule has 3 rings (SSSR count). The van der Waals surface area contributed by atoms with Crippen LogP contribution < -0.4 is 15.4 Å². The van der Waals surface area contributed by atoms with Crippen molar-refractivity contribution in [3.8, 4) is 5.75 Å². The number of aliphatic imine (C=N–C) groups is 1. The van der Waals surface area contributed by atoms with Crippen molar-refractivity contribution in [2.75, 3.05) is 7.05 Å². The van der Waals surface area contributed by atoms with Crippen LogP contribution in [0.25, 0.3) is 0 Å². The zero-order valence-electron chi connectivity index (χ0n) is 17.4. The van der Waals surface area contributed by atoms with Gasteiger partial charge in [-0.1, -0.05) is 42.5 Å². The summed E-state index contributed by atoms with van der Waals surface area (Å²) in [5, 5.41) is 6.37. The molecule has 0 saturated carbocycles. The Kier molecular flexibility index (Phi) is 9.70. The van der Waals surface area contributed by atoms with E-state index in [2.05, 4.69) is 42.0 Å². The predicted octanol–water partition coefficient (Wildman–Crippen LogP) is 4.32. The molecule has 0 radical (unpaired) electrons. The van der Waals surface area contributed by atoms with Crippen molar-refractivity contribution >= 4 is 29.9 Å². The fraction of sp³-hybridized carbons (Fsp3) is 0.273. The van der Waals surface area contributed by atoms with Crippen LogP contribution in [0.1, 0.15) is 22.5 Å². The molecule has 0 unspecified atom stereocenters. The first-order chi connectivity index (χ1) is 14.5. The maximum Gasteiger partial charge on any atom is 0.387 e. The number of guanidine groups is 1. The van der Waals surface area contributed by atoms with Crippen molar-refractivity contribution in [1.82, 2.24) is 20.2 Å². The van der Waals surface area contributed by atoms with Crippen LogP contribution in [0.2, 0.25) is 0 Å². The molecule has 9 heteroatoms. The van der Waals surface area contributed by atoms with Gasteiger partial charge in [0.1, 0.15) is 11.6 Å². The standard InChI is InChI=1S/C22H25F2N5O.HI/c1-16-26-10-11-29(16)15-18-7-5-6-17(12-18)13-27-22(25-2)28-14-19-8-3-4-9-20(19)30-21(23)24;/h3-12,21H,13-15H2,1-2H3,(H2,25,27,28);1H. The largest absolute Gasteiger partial charge is 0.434 e. The molecule has 0 spiro atoms. The van der Waals surface area contributed by atoms with Gasteiger partial charge in [-0.15, -0.1) is 24.0 Å². The number of nitrogens with zero attached hydrogens (tertiary/aromatic N) is 3. The van der Waals surface area contributed by atoms with E-state index in [0.29, 0.717) is 24.6 Å². The quantitative estimate of drug-likeness (QED) is 0.253. The van der Waals surface area contributed by atoms with Crippen LogP contribution in [-0.2, 0) is 19.6 Å². The number of alkyl halides is 2. The number of aromatic nitrogens is 2. The lowest BCUT2D eigenvalue weighted by Crippen LogP contribution is -2.36. The van der Waals surface area contributed by atoms with E-state index >= 15 is 0 Å². The molecule has 166 valence electrons. The second-order valence-electron chi connectivity index (χ2n) is 6.69. The average molecular weight is 541 g/mol. The molecule has 0 fully saturated rings. The summed E-state index contributed by atoms with van der Waals surface area (Å²) >= 11 is 0. The Hall–Kier alpha value is -2.69. The van der Waals surface area contributed by atoms with E-state index < -0.39 is 6.61 Å². The smallest absolute Gasteiger partial charge is 0.387 e. The molecule has 0 atom stereocenters. The predicted molar refractivity (Wildman–Crippen MR) is 128 cm³/mol. The number of imidazole rings is 1. The molecule has 1 aromatic heterocycles. The van der Waals surface area contributed by atoms with Gasteiger partial charge in [-0.3, -0.25) is 4.99 Å². The van der Waals surface area contributed by atoms with Crippen molar-refractivity contribution in [1.29, 1.82) is 0 Å². The number of para-hydroxylation sites is 1. The molecule has 2 N–H and O–H groups in total. The van der Waals surface area contributed by atoms with Crippen LogP contribution in [0.15, 0.2) is 65.9 Å². The van der Waals surface area contributed by atoms with Crippen molar-refractivity contribution in [3.05, 3.63) is 83.4 Å². The molecule has 0 aliphatic rings. The zero-order chi connectivity index (χ0) is 21.3. The van der Waals surface area contributed by atoms with Gasteiger partial charge in [0.2, 0.25) is 0 Å². The van der Waals surface area contributed by atoms with Gasteiger partial charge in [-0.05, 0) is 24.1 Å². The molecule has 0 aliphatic heterocycles. The van der Waals surface area contributed by atoms with E-state index in [9.17, 15) is 8.78 Å². The van der Waals surface area contributed by atoms with Crippen molar-refractivity contribution < 1.29 is 13.5 Å². The minimum absolute atomic E-state index is 0. The Morgan fingerprint density at radius 2 is 1.84 bits per heavy atom. The van der Waals surface area contributed by atoms with E-state index in [4.69, 9.17) is 0 Å². The molecule has 1 heterocycles. The van der Waals surface area contributed by atoms with Crippen molar-refractivity contribution in [3.63, 3.8) is 0 Å². The van der Waals surface area contributed by atoms with Crippen LogP contribution in [-0.4, -0.2) is 29.2 Å². The number of rotatable bonds is 8. The lowest BCUT2D eigenvalue weighted by molar-refractivity contribution is -0.0504. The average Bonchev–Trinajstić information content (AvgIpc) is 3.13. The van der Waals surface area contributed by atoms with Crippen LogP contribution in [0, 0.1) is 6.92 Å². The van der Waals surface area contributed by atoms with Gasteiger partial charge in [-0.25, -0.2) is 4.98 Å². The fourth-order valence-corrected chi connectivity index (χ4v) is 3.05. The summed E-state index contributed by atoms with van der Waals surface area (Å²) in [6, 6.07) is 15.0. The zero-order valence-corrected chi connectivity index (χ0v) is 19.7. The maximum absolute atomic E-state index is 12.6. The van der Waals surface area contributed by atoms with Gasteiger partial charge in [0.25, 0.3) is 0 Å². The highest BCUT2D eigenvalue weighted by atomic mass is 127. The number of nitrogens with one attached hydrogen (secondary N) is 2. The third-order valence-corrected chi connectivity index (χ3v) is 4.59. The molecule has 31 heavy (non-hydrogen) atoms. The van der Waals surface area contributed by atoms with Crippen LogP contribution in [0.3, 0.4) is 0 Å². The van der Waals surface area contributed by atoms with Gasteiger partial charge in [0.15, 0.2) is 5.96 Å². The van der Waals surface area contributed by atoms with Gasteiger partial charge in [0, 0.05) is 44.6 Å². The topological polar surface area (TPSA) is 63.5 Å². The van der Waals surface area contributed by atoms with E-state index in [-0.39, 0.29) is 29.7 Å². The van der Waals surface area contributed by atoms with Gasteiger partial charge in [0.05, 0.1) is 0 Å². The number of hydrogen-bond donors (Lipinski definition) is 2. The number of hydrogen-bond acceptors (Lipinski definition) is 3. The Labute approximate surface area is 197 Å². The number of aryl methyl sites for hydroxylation is 1. The highest BCUT2D eigenvalue weighted by Crippen LogP contribution is 2.19. The molecular formula is C22H26F2IN5O. The summed E-state index contributed by atoms with van der Waals surface area (Å²) < 4.78 is 31.8. The molecular weight excluding hydrogens is 515 g/mol. The first-order valence-corrected chi connectivity index (χ1v) is 9.58. The first-order valence-electron chi connectivity index (χ1n) is 9.58. The normalized spacial score (nSPS) is 11.2. The highest BCUT2D eigenvalue weighted by molar-refractivity contribution is 14.0. The van der Waals surface area contributed by atoms with E-state index in [1.54, 1.807) is 31.4 Å². The van der Waals surface area contributed by atoms with E-state index in [1.165, 1.54) is 11.6 Å². The maximum atomic E-state index is 12.6. The van der Waals surface area contributed by atoms with Gasteiger partial charge in [-0.2, -0.15) is 8.78 Å². The molecule has 0 saturated heterocycles. The molecule has 3 aromatic rings. The Bertz CT molecular complexity index is 993. The van der Waals surface area contributed by atoms with Crippen LogP contribution in [0.5, 0.6) is 5.75 Å². The molecule has 2 aromatic carbocycles. The number of ether oxygens (including phenoxy) is 1. The second kappa shape index (κ2) is 12.2. The minimum Gasteiger partial charge on any atom is -0.434 e. The lowest BCUT2D eigenvalue weighted by Gasteiger charge is -2.15. The second-order valence-corrected chi connectivity index (χ2v) is 6.69. The molecule has 6 nitrogen and oxygen atoms in total. The Morgan fingerprint density at radius 3 is 2.55 bits per heavy atom. The summed E-state index contributed by atoms with van der Waals surface area (Å²) in [5.74, 6) is 1.69. The lowest BCUT2D eigenvalue weighted by atomic mass is 10.1. The van der Waals surface area contributed by atoms with Gasteiger partial charge < -0.3 is 19.9 Å². The van der Waals surface area contributed by atoms with E-state index in [0.717, 1.165) is 17.9 Å². The highest BCUT2D eigenvalue weighted by Gasteiger charge is 2.09. The SMILES string of the molecule is CN=C(NCc1cccc(Cn2ccnc2C)c1)NCc1ccccc1OC(F)F.I. The summed E-state index contributed by atoms with van der Waals surface area (Å²) in [6.45, 7) is 0.759. The molecule has 0 amide bonds. The summed E-state index contributed by atoms with van der Waals surface area (Å²) in [4.78, 5) is 8.45. The summed E-state index contributed by atoms with van der Waals surface area (Å²) in [6.07, 6.45) is 3.75. The Balaban J connectivity index is 0.00000341. The third-order valence-electron chi connectivity index (χ3n) is 4.59. The summed E-state index contributed by atoms with van der Waals surface area (Å²) in [7, 11) is 1.66. The summed E-state index contributed by atoms with van der Waals surface area (Å²) in [5.41, 5.74) is 2.91. The van der Waals surface area contributed by atoms with Gasteiger partial charge >= 0.3 is 6.61 Å². The van der Waals surface area contributed by atoms with Crippen LogP contribution >= 0.6 is 24.0 Å². The van der Waals surface area contributed by atoms with Crippen molar-refractivity contribution in [2.24, 2.45) is 4.99 Å². The third kappa shape index (κ3) is 7.50. The first kappa shape index (κ1) is 24.6. The van der Waals surface area contributed by atoms with Crippen LogP contribution in [0.4, 0.5) is 8.78 Å². The molecule has 0 aliphatic carbocycles. The monoisotopic (exact) mass is 541 g/mol. The minimum atomic E-state index is -2.86. The number of halogens is 3. The fourth-order valence-electron chi connectivity index (χ4n) is 3.05.